The largest absolute Gasteiger partial charge is 0.493 e. The molecule has 116 valence electrons. The van der Waals surface area contributed by atoms with Crippen LogP contribution in [0.4, 0.5) is 5.82 Å². The average Bonchev–Trinajstić information content (AvgIpc) is 2.54. The van der Waals surface area contributed by atoms with Crippen LogP contribution in [0.1, 0.15) is 28.9 Å². The van der Waals surface area contributed by atoms with Gasteiger partial charge in [-0.3, -0.25) is 4.79 Å². The van der Waals surface area contributed by atoms with Gasteiger partial charge >= 0.3 is 0 Å². The summed E-state index contributed by atoms with van der Waals surface area (Å²) in [6, 6.07) is 8.60. The van der Waals surface area contributed by atoms with Gasteiger partial charge < -0.3 is 20.5 Å². The number of amides is 1. The number of carbonyl (C=O) groups is 1. The van der Waals surface area contributed by atoms with Crippen LogP contribution in [-0.2, 0) is 0 Å². The molecule has 3 N–H and O–H groups in total. The zero-order valence-electron chi connectivity index (χ0n) is 12.8. The maximum atomic E-state index is 12.2. The van der Waals surface area contributed by atoms with E-state index in [-0.39, 0.29) is 17.8 Å². The van der Waals surface area contributed by atoms with Gasteiger partial charge in [-0.25, -0.2) is 4.98 Å². The third-order valence-electron chi connectivity index (χ3n) is 3.34. The molecule has 0 fully saturated rings. The number of ether oxygens (including phenoxy) is 2. The molecule has 0 aliphatic carbocycles. The second-order valence-electron chi connectivity index (χ2n) is 4.75. The highest BCUT2D eigenvalue weighted by molar-refractivity contribution is 5.98. The van der Waals surface area contributed by atoms with Crippen LogP contribution in [0.5, 0.6) is 11.5 Å². The summed E-state index contributed by atoms with van der Waals surface area (Å²) in [5, 5.41) is 2.89. The van der Waals surface area contributed by atoms with Crippen molar-refractivity contribution in [2.75, 3.05) is 20.0 Å². The number of nitrogens with two attached hydrogens (primary N) is 1. The number of aromatic nitrogens is 1. The molecule has 2 rings (SSSR count). The normalized spacial score (nSPS) is 11.6. The standard InChI is InChI=1S/C16H19N3O3/c1-10(11-6-7-13(21-2)14(9-11)22-3)19-16(20)12-5-4-8-18-15(12)17/h4-10H,1-3H3,(H2,17,18)(H,19,20)/t10-/m0/s1. The van der Waals surface area contributed by atoms with Gasteiger partial charge in [-0.1, -0.05) is 6.07 Å². The van der Waals surface area contributed by atoms with Crippen molar-refractivity contribution in [2.45, 2.75) is 13.0 Å². The van der Waals surface area contributed by atoms with E-state index in [0.717, 1.165) is 5.56 Å². The molecule has 0 unspecified atom stereocenters. The second-order valence-corrected chi connectivity index (χ2v) is 4.75. The van der Waals surface area contributed by atoms with E-state index in [1.807, 2.05) is 19.1 Å². The molecule has 1 aromatic heterocycles. The molecule has 0 aliphatic heterocycles. The lowest BCUT2D eigenvalue weighted by atomic mass is 10.1. The van der Waals surface area contributed by atoms with Crippen LogP contribution in [0.15, 0.2) is 36.5 Å². The van der Waals surface area contributed by atoms with Crippen LogP contribution in [0.2, 0.25) is 0 Å². The number of hydrogen-bond acceptors (Lipinski definition) is 5. The predicted molar refractivity (Wildman–Crippen MR) is 84.1 cm³/mol. The number of nitrogen functional groups attached to an aromatic ring is 1. The number of methoxy groups -OCH3 is 2. The zero-order chi connectivity index (χ0) is 16.1. The van der Waals surface area contributed by atoms with E-state index in [4.69, 9.17) is 15.2 Å². The van der Waals surface area contributed by atoms with E-state index in [2.05, 4.69) is 10.3 Å². The molecule has 6 nitrogen and oxygen atoms in total. The number of hydrogen-bond donors (Lipinski definition) is 2. The van der Waals surface area contributed by atoms with Crippen LogP contribution >= 0.6 is 0 Å². The summed E-state index contributed by atoms with van der Waals surface area (Å²) in [6.07, 6.45) is 1.55. The Morgan fingerprint density at radius 3 is 2.59 bits per heavy atom. The van der Waals surface area contributed by atoms with E-state index < -0.39 is 0 Å². The monoisotopic (exact) mass is 301 g/mol. The number of nitrogens with one attached hydrogen (secondary N) is 1. The van der Waals surface area contributed by atoms with Crippen molar-refractivity contribution in [3.8, 4) is 11.5 Å². The van der Waals surface area contributed by atoms with Crippen molar-refractivity contribution < 1.29 is 14.3 Å². The molecule has 1 aromatic carbocycles. The van der Waals surface area contributed by atoms with Crippen LogP contribution in [-0.4, -0.2) is 25.1 Å². The van der Waals surface area contributed by atoms with Crippen molar-refractivity contribution in [1.29, 1.82) is 0 Å². The van der Waals surface area contributed by atoms with Crippen molar-refractivity contribution in [2.24, 2.45) is 0 Å². The zero-order valence-corrected chi connectivity index (χ0v) is 12.8. The summed E-state index contributed by atoms with van der Waals surface area (Å²) in [5.74, 6) is 1.19. The molecule has 0 aliphatic rings. The highest BCUT2D eigenvalue weighted by atomic mass is 16.5. The highest BCUT2D eigenvalue weighted by Crippen LogP contribution is 2.30. The number of anilines is 1. The third-order valence-corrected chi connectivity index (χ3v) is 3.34. The summed E-state index contributed by atoms with van der Waals surface area (Å²) >= 11 is 0. The summed E-state index contributed by atoms with van der Waals surface area (Å²) in [7, 11) is 3.15. The average molecular weight is 301 g/mol. The summed E-state index contributed by atoms with van der Waals surface area (Å²) in [6.45, 7) is 1.88. The molecule has 0 saturated carbocycles. The Hall–Kier alpha value is -2.76. The molecule has 1 heterocycles. The quantitative estimate of drug-likeness (QED) is 0.884. The fraction of sp³-hybridized carbons (Fsp3) is 0.250. The first kappa shape index (κ1) is 15.6. The van der Waals surface area contributed by atoms with Crippen LogP contribution in [0, 0.1) is 0 Å². The highest BCUT2D eigenvalue weighted by Gasteiger charge is 2.15. The van der Waals surface area contributed by atoms with Gasteiger partial charge in [0.15, 0.2) is 11.5 Å². The van der Waals surface area contributed by atoms with E-state index in [0.29, 0.717) is 17.1 Å². The fourth-order valence-electron chi connectivity index (χ4n) is 2.09. The Balaban J connectivity index is 2.17. The molecule has 0 spiro atoms. The van der Waals surface area contributed by atoms with Crippen LogP contribution in [0.25, 0.3) is 0 Å². The molecule has 0 saturated heterocycles. The second kappa shape index (κ2) is 6.80. The Kier molecular flexibility index (Phi) is 4.83. The molecule has 1 atom stereocenters. The van der Waals surface area contributed by atoms with Crippen molar-refractivity contribution in [3.05, 3.63) is 47.7 Å². The van der Waals surface area contributed by atoms with E-state index in [9.17, 15) is 4.79 Å². The van der Waals surface area contributed by atoms with E-state index >= 15 is 0 Å². The summed E-state index contributed by atoms with van der Waals surface area (Å²) in [4.78, 5) is 16.2. The molecule has 0 radical (unpaired) electrons. The lowest BCUT2D eigenvalue weighted by Gasteiger charge is -2.17. The molecule has 0 bridgehead atoms. The smallest absolute Gasteiger partial charge is 0.255 e. The topological polar surface area (TPSA) is 86.5 Å². The fourth-order valence-corrected chi connectivity index (χ4v) is 2.09. The number of benzene rings is 1. The molecule has 6 heteroatoms. The Bertz CT molecular complexity index is 673. The van der Waals surface area contributed by atoms with Crippen LogP contribution < -0.4 is 20.5 Å². The Morgan fingerprint density at radius 2 is 1.95 bits per heavy atom. The van der Waals surface area contributed by atoms with Gasteiger partial charge in [0.05, 0.1) is 25.8 Å². The summed E-state index contributed by atoms with van der Waals surface area (Å²) < 4.78 is 10.5. The maximum absolute atomic E-state index is 12.2. The SMILES string of the molecule is COc1ccc([C@H](C)NC(=O)c2cccnc2N)cc1OC. The van der Waals surface area contributed by atoms with E-state index in [1.165, 1.54) is 0 Å². The van der Waals surface area contributed by atoms with Gasteiger partial charge in [-0.15, -0.1) is 0 Å². The van der Waals surface area contributed by atoms with Crippen molar-refractivity contribution in [1.82, 2.24) is 10.3 Å². The first-order valence-electron chi connectivity index (χ1n) is 6.80. The third kappa shape index (κ3) is 3.28. The van der Waals surface area contributed by atoms with E-state index in [1.54, 1.807) is 38.6 Å². The number of nitrogens with zero attached hydrogens (tertiary/aromatic N) is 1. The number of pyridine rings is 1. The molecule has 1 amide bonds. The molecule has 2 aromatic rings. The van der Waals surface area contributed by atoms with Crippen molar-refractivity contribution in [3.63, 3.8) is 0 Å². The Labute approximate surface area is 129 Å². The minimum atomic E-state index is -0.270. The minimum Gasteiger partial charge on any atom is -0.493 e. The van der Waals surface area contributed by atoms with Crippen molar-refractivity contribution >= 4 is 11.7 Å². The van der Waals surface area contributed by atoms with Gasteiger partial charge in [-0.2, -0.15) is 0 Å². The van der Waals surface area contributed by atoms with Gasteiger partial charge in [0.25, 0.3) is 5.91 Å². The lowest BCUT2D eigenvalue weighted by Crippen LogP contribution is -2.27. The number of carbonyl (C=O) groups excluding carboxylic acids is 1. The van der Waals surface area contributed by atoms with Crippen LogP contribution in [0.3, 0.4) is 0 Å². The maximum Gasteiger partial charge on any atom is 0.255 e. The summed E-state index contributed by atoms with van der Waals surface area (Å²) in [5.41, 5.74) is 6.96. The lowest BCUT2D eigenvalue weighted by molar-refractivity contribution is 0.0940. The molecule has 22 heavy (non-hydrogen) atoms. The minimum absolute atomic E-state index is 0.208. The molecular formula is C16H19N3O3. The predicted octanol–water partition coefficient (Wildman–Crippen LogP) is 2.17. The van der Waals surface area contributed by atoms with Gasteiger partial charge in [-0.05, 0) is 36.8 Å². The Morgan fingerprint density at radius 1 is 1.23 bits per heavy atom. The first-order chi connectivity index (χ1) is 10.6. The first-order valence-corrected chi connectivity index (χ1v) is 6.80. The number of rotatable bonds is 5. The van der Waals surface area contributed by atoms with Gasteiger partial charge in [0.1, 0.15) is 5.82 Å². The van der Waals surface area contributed by atoms with Gasteiger partial charge in [0, 0.05) is 6.20 Å². The van der Waals surface area contributed by atoms with Gasteiger partial charge in [0.2, 0.25) is 0 Å². The molecular weight excluding hydrogens is 282 g/mol.